The van der Waals surface area contributed by atoms with E-state index in [1.54, 1.807) is 0 Å². The van der Waals surface area contributed by atoms with E-state index in [9.17, 15) is 4.79 Å². The largest absolute Gasteiger partial charge is 0.484 e. The van der Waals surface area contributed by atoms with Crippen LogP contribution in [0.4, 0.5) is 0 Å². The number of carbonyl (C=O) groups excluding carboxylic acids is 1. The SMILES string of the molecule is CC[C@@H](NC(=O)COc1ccc(C(C)C)cc1)c1ccc(C)cc1C. The van der Waals surface area contributed by atoms with Gasteiger partial charge in [-0.15, -0.1) is 0 Å². The highest BCUT2D eigenvalue weighted by molar-refractivity contribution is 5.78. The van der Waals surface area contributed by atoms with Crippen LogP contribution in [0.1, 0.15) is 61.4 Å². The van der Waals surface area contributed by atoms with E-state index in [2.05, 4.69) is 58.1 Å². The lowest BCUT2D eigenvalue weighted by atomic mass is 9.97. The maximum atomic E-state index is 12.3. The fraction of sp³-hybridized carbons (Fsp3) is 0.409. The van der Waals surface area contributed by atoms with Gasteiger partial charge in [0.25, 0.3) is 5.91 Å². The second-order valence-electron chi connectivity index (χ2n) is 6.90. The zero-order chi connectivity index (χ0) is 18.4. The average Bonchev–Trinajstić information content (AvgIpc) is 2.58. The van der Waals surface area contributed by atoms with Crippen LogP contribution in [-0.2, 0) is 4.79 Å². The Morgan fingerprint density at radius 2 is 1.76 bits per heavy atom. The summed E-state index contributed by atoms with van der Waals surface area (Å²) in [7, 11) is 0. The lowest BCUT2D eigenvalue weighted by Gasteiger charge is -2.20. The van der Waals surface area contributed by atoms with E-state index in [1.807, 2.05) is 24.3 Å². The molecule has 0 aromatic heterocycles. The van der Waals surface area contributed by atoms with Crippen molar-refractivity contribution in [2.45, 2.75) is 53.0 Å². The van der Waals surface area contributed by atoms with Gasteiger partial charge in [0.2, 0.25) is 0 Å². The van der Waals surface area contributed by atoms with Crippen LogP contribution in [0.5, 0.6) is 5.75 Å². The molecule has 2 aromatic rings. The first-order chi connectivity index (χ1) is 11.9. The summed E-state index contributed by atoms with van der Waals surface area (Å²) in [6, 6.07) is 14.3. The van der Waals surface area contributed by atoms with Crippen molar-refractivity contribution in [3.63, 3.8) is 0 Å². The van der Waals surface area contributed by atoms with Crippen LogP contribution in [0.3, 0.4) is 0 Å². The van der Waals surface area contributed by atoms with E-state index in [0.29, 0.717) is 5.92 Å². The van der Waals surface area contributed by atoms with Crippen LogP contribution >= 0.6 is 0 Å². The summed E-state index contributed by atoms with van der Waals surface area (Å²) in [5.74, 6) is 1.11. The Labute approximate surface area is 151 Å². The van der Waals surface area contributed by atoms with Crippen LogP contribution in [-0.4, -0.2) is 12.5 Å². The summed E-state index contributed by atoms with van der Waals surface area (Å²) < 4.78 is 5.62. The lowest BCUT2D eigenvalue weighted by Crippen LogP contribution is -2.32. The van der Waals surface area contributed by atoms with Gasteiger partial charge in [-0.3, -0.25) is 4.79 Å². The first-order valence-electron chi connectivity index (χ1n) is 9.00. The van der Waals surface area contributed by atoms with Gasteiger partial charge in [-0.2, -0.15) is 0 Å². The fourth-order valence-electron chi connectivity index (χ4n) is 2.95. The molecular formula is C22H29NO2. The van der Waals surface area contributed by atoms with E-state index in [4.69, 9.17) is 4.74 Å². The summed E-state index contributed by atoms with van der Waals surface area (Å²) in [5.41, 5.74) is 4.87. The van der Waals surface area contributed by atoms with E-state index in [1.165, 1.54) is 22.3 Å². The Bertz CT molecular complexity index is 704. The Morgan fingerprint density at radius 1 is 1.08 bits per heavy atom. The minimum Gasteiger partial charge on any atom is -0.484 e. The summed E-state index contributed by atoms with van der Waals surface area (Å²) in [6.07, 6.45) is 0.846. The molecule has 25 heavy (non-hydrogen) atoms. The van der Waals surface area contributed by atoms with E-state index in [0.717, 1.165) is 12.2 Å². The number of carbonyl (C=O) groups is 1. The molecule has 0 saturated carbocycles. The molecule has 3 nitrogen and oxygen atoms in total. The van der Waals surface area contributed by atoms with Crippen molar-refractivity contribution >= 4 is 5.91 Å². The monoisotopic (exact) mass is 339 g/mol. The topological polar surface area (TPSA) is 38.3 Å². The minimum atomic E-state index is -0.0974. The van der Waals surface area contributed by atoms with Crippen molar-refractivity contribution in [2.75, 3.05) is 6.61 Å². The number of benzene rings is 2. The van der Waals surface area contributed by atoms with Gasteiger partial charge in [-0.1, -0.05) is 56.7 Å². The Balaban J connectivity index is 1.93. The molecule has 0 saturated heterocycles. The van der Waals surface area contributed by atoms with E-state index < -0.39 is 0 Å². The molecule has 2 aromatic carbocycles. The maximum absolute atomic E-state index is 12.3. The number of hydrogen-bond acceptors (Lipinski definition) is 2. The van der Waals surface area contributed by atoms with Crippen LogP contribution in [0.25, 0.3) is 0 Å². The van der Waals surface area contributed by atoms with E-state index in [-0.39, 0.29) is 18.6 Å². The molecule has 1 amide bonds. The minimum absolute atomic E-state index is 0.0139. The second kappa shape index (κ2) is 8.70. The summed E-state index contributed by atoms with van der Waals surface area (Å²) >= 11 is 0. The molecule has 0 spiro atoms. The van der Waals surface area contributed by atoms with Gasteiger partial charge >= 0.3 is 0 Å². The van der Waals surface area contributed by atoms with Crippen LogP contribution in [0, 0.1) is 13.8 Å². The molecule has 1 N–H and O–H groups in total. The van der Waals surface area contributed by atoms with Crippen molar-refractivity contribution in [1.29, 1.82) is 0 Å². The van der Waals surface area contributed by atoms with Gasteiger partial charge in [0.15, 0.2) is 6.61 Å². The molecule has 0 fully saturated rings. The van der Waals surface area contributed by atoms with Crippen molar-refractivity contribution in [2.24, 2.45) is 0 Å². The van der Waals surface area contributed by atoms with Crippen molar-refractivity contribution in [3.05, 3.63) is 64.7 Å². The Kier molecular flexibility index (Phi) is 6.63. The number of nitrogens with one attached hydrogen (secondary N) is 1. The van der Waals surface area contributed by atoms with Gasteiger partial charge in [0.05, 0.1) is 6.04 Å². The summed E-state index contributed by atoms with van der Waals surface area (Å²) in [6.45, 7) is 10.6. The lowest BCUT2D eigenvalue weighted by molar-refractivity contribution is -0.123. The Hall–Kier alpha value is -2.29. The molecule has 2 rings (SSSR count). The zero-order valence-electron chi connectivity index (χ0n) is 15.9. The fourth-order valence-corrected chi connectivity index (χ4v) is 2.95. The number of hydrogen-bond donors (Lipinski definition) is 1. The molecule has 1 atom stereocenters. The van der Waals surface area contributed by atoms with Gasteiger partial charge in [0.1, 0.15) is 5.75 Å². The molecule has 0 aliphatic heterocycles. The molecular weight excluding hydrogens is 310 g/mol. The smallest absolute Gasteiger partial charge is 0.258 e. The highest BCUT2D eigenvalue weighted by Gasteiger charge is 2.15. The molecule has 134 valence electrons. The van der Waals surface area contributed by atoms with Crippen LogP contribution in [0.2, 0.25) is 0 Å². The number of amides is 1. The zero-order valence-corrected chi connectivity index (χ0v) is 15.9. The molecule has 3 heteroatoms. The van der Waals surface area contributed by atoms with Gasteiger partial charge < -0.3 is 10.1 Å². The number of ether oxygens (including phenoxy) is 1. The number of aryl methyl sites for hydroxylation is 2. The molecule has 0 aliphatic carbocycles. The van der Waals surface area contributed by atoms with Gasteiger partial charge in [-0.05, 0) is 55.0 Å². The summed E-state index contributed by atoms with van der Waals surface area (Å²) in [5, 5.41) is 3.08. The predicted molar refractivity (Wildman–Crippen MR) is 103 cm³/mol. The van der Waals surface area contributed by atoms with Crippen LogP contribution < -0.4 is 10.1 Å². The molecule has 0 heterocycles. The second-order valence-corrected chi connectivity index (χ2v) is 6.90. The average molecular weight is 339 g/mol. The predicted octanol–water partition coefficient (Wildman–Crippen LogP) is 5.07. The third-order valence-electron chi connectivity index (χ3n) is 4.46. The standard InChI is InChI=1S/C22H29NO2/c1-6-21(20-12-7-16(4)13-17(20)5)23-22(24)14-25-19-10-8-18(9-11-19)15(2)3/h7-13,15,21H,6,14H2,1-5H3,(H,23,24)/t21-/m1/s1. The third-order valence-corrected chi connectivity index (χ3v) is 4.46. The summed E-state index contributed by atoms with van der Waals surface area (Å²) in [4.78, 5) is 12.3. The normalized spacial score (nSPS) is 12.1. The molecule has 0 aliphatic rings. The third kappa shape index (κ3) is 5.35. The first kappa shape index (κ1) is 19.0. The number of rotatable bonds is 7. The molecule has 0 bridgehead atoms. The van der Waals surface area contributed by atoms with Crippen molar-refractivity contribution in [3.8, 4) is 5.75 Å². The van der Waals surface area contributed by atoms with Gasteiger partial charge in [0, 0.05) is 0 Å². The highest BCUT2D eigenvalue weighted by atomic mass is 16.5. The highest BCUT2D eigenvalue weighted by Crippen LogP contribution is 2.22. The van der Waals surface area contributed by atoms with Crippen molar-refractivity contribution < 1.29 is 9.53 Å². The van der Waals surface area contributed by atoms with Gasteiger partial charge in [-0.25, -0.2) is 0 Å². The quantitative estimate of drug-likeness (QED) is 0.764. The first-order valence-corrected chi connectivity index (χ1v) is 9.00. The molecule has 0 radical (unpaired) electrons. The van der Waals surface area contributed by atoms with Crippen molar-refractivity contribution in [1.82, 2.24) is 5.32 Å². The Morgan fingerprint density at radius 3 is 2.32 bits per heavy atom. The molecule has 0 unspecified atom stereocenters. The maximum Gasteiger partial charge on any atom is 0.258 e. The van der Waals surface area contributed by atoms with E-state index >= 15 is 0 Å². The van der Waals surface area contributed by atoms with Crippen LogP contribution in [0.15, 0.2) is 42.5 Å².